The van der Waals surface area contributed by atoms with E-state index in [0.717, 1.165) is 5.56 Å². The summed E-state index contributed by atoms with van der Waals surface area (Å²) in [5.41, 5.74) is 2.49. The highest BCUT2D eigenvalue weighted by molar-refractivity contribution is 7.92. The van der Waals surface area contributed by atoms with E-state index in [4.69, 9.17) is 10.00 Å². The van der Waals surface area contributed by atoms with E-state index in [9.17, 15) is 8.42 Å². The molecule has 0 aliphatic rings. The van der Waals surface area contributed by atoms with Gasteiger partial charge in [-0.1, -0.05) is 37.3 Å². The van der Waals surface area contributed by atoms with E-state index in [1.165, 1.54) is 0 Å². The van der Waals surface area contributed by atoms with Crippen LogP contribution in [0.2, 0.25) is 0 Å². The van der Waals surface area contributed by atoms with Crippen LogP contribution in [-0.2, 0) is 10.0 Å². The van der Waals surface area contributed by atoms with Gasteiger partial charge in [-0.2, -0.15) is 5.26 Å². The number of hydrogen-bond acceptors (Lipinski definition) is 5. The molecule has 1 unspecified atom stereocenters. The Balaban J connectivity index is 1.72. The third kappa shape index (κ3) is 5.33. The van der Waals surface area contributed by atoms with Crippen LogP contribution < -0.4 is 9.46 Å². The molecule has 0 bridgehead atoms. The highest BCUT2D eigenvalue weighted by atomic mass is 32.2. The van der Waals surface area contributed by atoms with Crippen molar-refractivity contribution < 1.29 is 13.2 Å². The molecular formula is C22H21N3O3S. The fraction of sp³-hybridized carbons (Fsp3) is 0.182. The predicted molar refractivity (Wildman–Crippen MR) is 112 cm³/mol. The summed E-state index contributed by atoms with van der Waals surface area (Å²) in [6.45, 7) is 3.67. The van der Waals surface area contributed by atoms with Gasteiger partial charge in [0.2, 0.25) is 15.9 Å². The number of nitriles is 1. The Hall–Kier alpha value is -3.37. The number of nitrogens with zero attached hydrogens (tertiary/aromatic N) is 2. The van der Waals surface area contributed by atoms with Gasteiger partial charge in [-0.15, -0.1) is 0 Å². The Bertz CT molecular complexity index is 1140. The van der Waals surface area contributed by atoms with E-state index >= 15 is 0 Å². The Morgan fingerprint density at radius 3 is 2.59 bits per heavy atom. The summed E-state index contributed by atoms with van der Waals surface area (Å²) in [5.74, 6) is 0.525. The summed E-state index contributed by atoms with van der Waals surface area (Å²) >= 11 is 0. The molecule has 1 atom stereocenters. The molecule has 0 radical (unpaired) electrons. The number of rotatable bonds is 7. The highest BCUT2D eigenvalue weighted by Gasteiger charge is 2.18. The van der Waals surface area contributed by atoms with Gasteiger partial charge >= 0.3 is 0 Å². The maximum Gasteiger partial charge on any atom is 0.237 e. The van der Waals surface area contributed by atoms with E-state index in [2.05, 4.69) is 9.71 Å². The SMILES string of the molecule is Cc1cc(Oc2ncccc2C#N)ccc1NS(=O)(=O)CC(C)c1ccccc1. The summed E-state index contributed by atoms with van der Waals surface area (Å²) in [7, 11) is -3.53. The van der Waals surface area contributed by atoms with Gasteiger partial charge < -0.3 is 4.74 Å². The van der Waals surface area contributed by atoms with Gasteiger partial charge in [-0.25, -0.2) is 13.4 Å². The lowest BCUT2D eigenvalue weighted by Gasteiger charge is -2.16. The van der Waals surface area contributed by atoms with Crippen molar-refractivity contribution in [1.82, 2.24) is 4.98 Å². The number of hydrogen-bond donors (Lipinski definition) is 1. The summed E-state index contributed by atoms with van der Waals surface area (Å²) in [6.07, 6.45) is 1.54. The molecule has 1 N–H and O–H groups in total. The topological polar surface area (TPSA) is 92.1 Å². The first-order valence-corrected chi connectivity index (χ1v) is 10.7. The molecule has 1 aromatic heterocycles. The smallest absolute Gasteiger partial charge is 0.237 e. The molecule has 0 aliphatic heterocycles. The number of anilines is 1. The van der Waals surface area contributed by atoms with Crippen LogP contribution in [0.15, 0.2) is 66.9 Å². The minimum Gasteiger partial charge on any atom is -0.438 e. The fourth-order valence-corrected chi connectivity index (χ4v) is 4.40. The average Bonchev–Trinajstić information content (AvgIpc) is 2.70. The zero-order valence-electron chi connectivity index (χ0n) is 16.2. The van der Waals surface area contributed by atoms with Gasteiger partial charge in [0.25, 0.3) is 0 Å². The van der Waals surface area contributed by atoms with Crippen LogP contribution in [0.1, 0.15) is 29.5 Å². The van der Waals surface area contributed by atoms with Crippen molar-refractivity contribution in [1.29, 1.82) is 5.26 Å². The zero-order chi connectivity index (χ0) is 20.9. The van der Waals surface area contributed by atoms with Crippen molar-refractivity contribution in [3.8, 4) is 17.7 Å². The lowest BCUT2D eigenvalue weighted by molar-refractivity contribution is 0.461. The standard InChI is InChI=1S/C22H21N3O3S/c1-16-13-20(28-22-19(14-23)9-6-12-24-22)10-11-21(16)25-29(26,27)15-17(2)18-7-4-3-5-8-18/h3-13,17,25H,15H2,1-2H3. The second-order valence-corrected chi connectivity index (χ2v) is 8.51. The van der Waals surface area contributed by atoms with E-state index in [0.29, 0.717) is 22.6 Å². The Labute approximate surface area is 170 Å². The van der Waals surface area contributed by atoms with Crippen molar-refractivity contribution in [2.75, 3.05) is 10.5 Å². The number of ether oxygens (including phenoxy) is 1. The van der Waals surface area contributed by atoms with Crippen molar-refractivity contribution in [2.24, 2.45) is 0 Å². The number of aromatic nitrogens is 1. The molecule has 0 saturated carbocycles. The van der Waals surface area contributed by atoms with Crippen LogP contribution in [0.3, 0.4) is 0 Å². The minimum atomic E-state index is -3.53. The number of pyridine rings is 1. The first-order chi connectivity index (χ1) is 13.9. The zero-order valence-corrected chi connectivity index (χ0v) is 17.0. The van der Waals surface area contributed by atoms with Crippen LogP contribution in [0, 0.1) is 18.3 Å². The van der Waals surface area contributed by atoms with E-state index in [1.807, 2.05) is 43.3 Å². The van der Waals surface area contributed by atoms with Crippen LogP contribution >= 0.6 is 0 Å². The highest BCUT2D eigenvalue weighted by Crippen LogP contribution is 2.28. The summed E-state index contributed by atoms with van der Waals surface area (Å²) < 4.78 is 33.5. The van der Waals surface area contributed by atoms with Crippen molar-refractivity contribution in [2.45, 2.75) is 19.8 Å². The molecule has 0 saturated heterocycles. The first-order valence-electron chi connectivity index (χ1n) is 9.07. The molecule has 3 rings (SSSR count). The van der Waals surface area contributed by atoms with Crippen LogP contribution in [0.4, 0.5) is 5.69 Å². The van der Waals surface area contributed by atoms with E-state index in [1.54, 1.807) is 43.5 Å². The minimum absolute atomic E-state index is 0.0197. The largest absolute Gasteiger partial charge is 0.438 e. The van der Waals surface area contributed by atoms with E-state index in [-0.39, 0.29) is 17.6 Å². The number of aryl methyl sites for hydroxylation is 1. The molecule has 0 aliphatic carbocycles. The fourth-order valence-electron chi connectivity index (χ4n) is 2.90. The average molecular weight is 407 g/mol. The lowest BCUT2D eigenvalue weighted by Crippen LogP contribution is -2.21. The van der Waals surface area contributed by atoms with Gasteiger partial charge in [0.15, 0.2) is 0 Å². The molecular weight excluding hydrogens is 386 g/mol. The maximum absolute atomic E-state index is 12.6. The Kier molecular flexibility index (Phi) is 6.15. The molecule has 0 spiro atoms. The number of benzene rings is 2. The predicted octanol–water partition coefficient (Wildman–Crippen LogP) is 4.60. The van der Waals surface area contributed by atoms with Gasteiger partial charge in [0.05, 0.1) is 11.4 Å². The normalized spacial score (nSPS) is 12.0. The molecule has 0 amide bonds. The monoisotopic (exact) mass is 407 g/mol. The molecule has 6 nitrogen and oxygen atoms in total. The molecule has 148 valence electrons. The van der Waals surface area contributed by atoms with Gasteiger partial charge in [0.1, 0.15) is 17.4 Å². The Morgan fingerprint density at radius 1 is 1.14 bits per heavy atom. The van der Waals surface area contributed by atoms with Crippen molar-refractivity contribution in [3.05, 3.63) is 83.6 Å². The van der Waals surface area contributed by atoms with E-state index < -0.39 is 10.0 Å². The summed E-state index contributed by atoms with van der Waals surface area (Å²) in [4.78, 5) is 4.06. The third-order valence-corrected chi connectivity index (χ3v) is 5.88. The van der Waals surface area contributed by atoms with Crippen LogP contribution in [0.25, 0.3) is 0 Å². The van der Waals surface area contributed by atoms with Crippen LogP contribution in [-0.4, -0.2) is 19.2 Å². The van der Waals surface area contributed by atoms with Crippen molar-refractivity contribution in [3.63, 3.8) is 0 Å². The summed E-state index contributed by atoms with van der Waals surface area (Å²) in [6, 6.07) is 19.8. The molecule has 2 aromatic carbocycles. The number of sulfonamides is 1. The molecule has 3 aromatic rings. The molecule has 29 heavy (non-hydrogen) atoms. The molecule has 0 fully saturated rings. The molecule has 7 heteroatoms. The van der Waals surface area contributed by atoms with Gasteiger partial charge in [-0.05, 0) is 54.3 Å². The first kappa shape index (κ1) is 20.4. The summed E-state index contributed by atoms with van der Waals surface area (Å²) in [5, 5.41) is 9.13. The second-order valence-electron chi connectivity index (χ2n) is 6.74. The Morgan fingerprint density at radius 2 is 1.90 bits per heavy atom. The third-order valence-electron chi connectivity index (χ3n) is 4.41. The van der Waals surface area contributed by atoms with Gasteiger partial charge in [-0.3, -0.25) is 4.72 Å². The van der Waals surface area contributed by atoms with Crippen LogP contribution in [0.5, 0.6) is 11.6 Å². The quantitative estimate of drug-likeness (QED) is 0.618. The lowest BCUT2D eigenvalue weighted by atomic mass is 10.0. The van der Waals surface area contributed by atoms with Gasteiger partial charge in [0, 0.05) is 6.20 Å². The number of nitrogens with one attached hydrogen (secondary N) is 1. The second kappa shape index (κ2) is 8.76. The molecule has 1 heterocycles. The maximum atomic E-state index is 12.6. The van der Waals surface area contributed by atoms with Crippen molar-refractivity contribution >= 4 is 15.7 Å².